The van der Waals surface area contributed by atoms with Crippen LogP contribution in [0.2, 0.25) is 0 Å². The average Bonchev–Trinajstić information content (AvgIpc) is 3.31. The molecule has 0 fully saturated rings. The van der Waals surface area contributed by atoms with Gasteiger partial charge in [0.25, 0.3) is 0 Å². The van der Waals surface area contributed by atoms with Gasteiger partial charge in [-0.2, -0.15) is 4.98 Å². The minimum Gasteiger partial charge on any atom is -0.384 e. The van der Waals surface area contributed by atoms with E-state index >= 15 is 0 Å². The normalized spacial score (nSPS) is 11.1. The smallest absolute Gasteiger partial charge is 0.231 e. The molecule has 2 aromatic heterocycles. The quantitative estimate of drug-likeness (QED) is 0.446. The lowest BCUT2D eigenvalue weighted by atomic mass is 10.1. The number of nitrogens with zero attached hydrogens (tertiary/aromatic N) is 2. The van der Waals surface area contributed by atoms with E-state index in [2.05, 4.69) is 37.9 Å². The molecule has 0 aliphatic rings. The number of hydrogen-bond donors (Lipinski definition) is 3. The van der Waals surface area contributed by atoms with E-state index in [1.807, 2.05) is 49.6 Å². The zero-order valence-corrected chi connectivity index (χ0v) is 14.6. The molecule has 0 amide bonds. The van der Waals surface area contributed by atoms with Crippen LogP contribution in [0.25, 0.3) is 22.3 Å². The molecule has 4 rings (SSSR count). The van der Waals surface area contributed by atoms with Crippen molar-refractivity contribution in [1.29, 1.82) is 0 Å². The highest BCUT2D eigenvalue weighted by atomic mass is 16.5. The number of nitrogens with one attached hydrogen (secondary N) is 3. The van der Waals surface area contributed by atoms with Gasteiger partial charge in [0.05, 0.1) is 6.42 Å². The van der Waals surface area contributed by atoms with Crippen LogP contribution < -0.4 is 10.6 Å². The lowest BCUT2D eigenvalue weighted by Gasteiger charge is -2.05. The maximum atomic E-state index is 5.45. The van der Waals surface area contributed by atoms with Crippen molar-refractivity contribution in [3.8, 4) is 11.4 Å². The van der Waals surface area contributed by atoms with E-state index < -0.39 is 0 Å². The van der Waals surface area contributed by atoms with Crippen LogP contribution in [0.3, 0.4) is 0 Å². The second-order valence-corrected chi connectivity index (χ2v) is 6.16. The van der Waals surface area contributed by atoms with E-state index in [4.69, 9.17) is 4.52 Å². The summed E-state index contributed by atoms with van der Waals surface area (Å²) in [5.41, 5.74) is 4.29. The van der Waals surface area contributed by atoms with Gasteiger partial charge in [-0.1, -0.05) is 23.4 Å². The highest BCUT2D eigenvalue weighted by Gasteiger charge is 2.11. The van der Waals surface area contributed by atoms with E-state index in [0.717, 1.165) is 35.4 Å². The number of benzene rings is 2. The van der Waals surface area contributed by atoms with Crippen LogP contribution in [0, 0.1) is 0 Å². The van der Waals surface area contributed by atoms with Crippen LogP contribution in [-0.2, 0) is 6.42 Å². The van der Waals surface area contributed by atoms with Gasteiger partial charge in [0.15, 0.2) is 0 Å². The molecular formula is C20H21N5O. The maximum Gasteiger partial charge on any atom is 0.231 e. The molecule has 4 aromatic rings. The number of aromatic amines is 1. The maximum absolute atomic E-state index is 5.45. The van der Waals surface area contributed by atoms with E-state index in [9.17, 15) is 0 Å². The number of para-hydroxylation sites is 1. The SMILES string of the molecule is CNCCNc1ccc(-c2noc(Cc3c[nH]c4ccccc34)n2)cc1. The number of fused-ring (bicyclic) bond motifs is 1. The van der Waals surface area contributed by atoms with Gasteiger partial charge >= 0.3 is 0 Å². The van der Waals surface area contributed by atoms with Crippen molar-refractivity contribution in [3.63, 3.8) is 0 Å². The summed E-state index contributed by atoms with van der Waals surface area (Å²) in [6.45, 7) is 1.80. The molecule has 3 N–H and O–H groups in total. The second kappa shape index (κ2) is 7.41. The van der Waals surface area contributed by atoms with Gasteiger partial charge in [0.2, 0.25) is 11.7 Å². The molecule has 6 nitrogen and oxygen atoms in total. The van der Waals surface area contributed by atoms with Crippen molar-refractivity contribution >= 4 is 16.6 Å². The van der Waals surface area contributed by atoms with Crippen molar-refractivity contribution in [1.82, 2.24) is 20.4 Å². The Hall–Kier alpha value is -3.12. The molecule has 0 saturated carbocycles. The average molecular weight is 347 g/mol. The van der Waals surface area contributed by atoms with E-state index in [1.54, 1.807) is 0 Å². The first-order valence-corrected chi connectivity index (χ1v) is 8.70. The van der Waals surface area contributed by atoms with Crippen LogP contribution in [-0.4, -0.2) is 35.3 Å². The molecule has 0 bridgehead atoms. The monoisotopic (exact) mass is 347 g/mol. The van der Waals surface area contributed by atoms with Gasteiger partial charge in [-0.25, -0.2) is 0 Å². The summed E-state index contributed by atoms with van der Waals surface area (Å²) in [4.78, 5) is 7.82. The Morgan fingerprint density at radius 1 is 1.04 bits per heavy atom. The highest BCUT2D eigenvalue weighted by molar-refractivity contribution is 5.83. The topological polar surface area (TPSA) is 78.8 Å². The fourth-order valence-corrected chi connectivity index (χ4v) is 2.95. The standard InChI is InChI=1S/C20H21N5O/c1-21-10-11-22-16-8-6-14(7-9-16)20-24-19(26-25-20)12-15-13-23-18-5-3-2-4-17(15)18/h2-9,13,21-23H,10-12H2,1H3. The minimum absolute atomic E-state index is 0.612. The van der Waals surface area contributed by atoms with Crippen LogP contribution in [0.4, 0.5) is 5.69 Å². The summed E-state index contributed by atoms with van der Waals surface area (Å²) < 4.78 is 5.45. The number of likely N-dealkylation sites (N-methyl/N-ethyl adjacent to an activating group) is 1. The summed E-state index contributed by atoms with van der Waals surface area (Å²) in [7, 11) is 1.94. The fraction of sp³-hybridized carbons (Fsp3) is 0.200. The molecule has 0 aliphatic carbocycles. The molecule has 0 spiro atoms. The lowest BCUT2D eigenvalue weighted by Crippen LogP contribution is -2.17. The largest absolute Gasteiger partial charge is 0.384 e. The van der Waals surface area contributed by atoms with Gasteiger partial charge in [0, 0.05) is 41.4 Å². The molecular weight excluding hydrogens is 326 g/mol. The van der Waals surface area contributed by atoms with Crippen molar-refractivity contribution in [3.05, 3.63) is 66.2 Å². The van der Waals surface area contributed by atoms with Crippen molar-refractivity contribution in [2.45, 2.75) is 6.42 Å². The van der Waals surface area contributed by atoms with Gasteiger partial charge in [-0.05, 0) is 42.9 Å². The van der Waals surface area contributed by atoms with E-state index in [0.29, 0.717) is 18.1 Å². The first-order valence-electron chi connectivity index (χ1n) is 8.70. The number of anilines is 1. The Bertz CT molecular complexity index is 987. The van der Waals surface area contributed by atoms with Crippen LogP contribution >= 0.6 is 0 Å². The zero-order chi connectivity index (χ0) is 17.8. The first kappa shape index (κ1) is 16.4. The molecule has 2 aromatic carbocycles. The molecule has 0 aliphatic heterocycles. The highest BCUT2D eigenvalue weighted by Crippen LogP contribution is 2.22. The second-order valence-electron chi connectivity index (χ2n) is 6.16. The summed E-state index contributed by atoms with van der Waals surface area (Å²) in [6, 6.07) is 16.3. The van der Waals surface area contributed by atoms with Crippen molar-refractivity contribution in [2.24, 2.45) is 0 Å². The van der Waals surface area contributed by atoms with Crippen LogP contribution in [0.15, 0.2) is 59.3 Å². The van der Waals surface area contributed by atoms with Gasteiger partial charge in [-0.3, -0.25) is 0 Å². The van der Waals surface area contributed by atoms with Crippen LogP contribution in [0.1, 0.15) is 11.5 Å². The third-order valence-corrected chi connectivity index (χ3v) is 4.33. The summed E-state index contributed by atoms with van der Waals surface area (Å²) >= 11 is 0. The Morgan fingerprint density at radius 2 is 1.88 bits per heavy atom. The number of aromatic nitrogens is 3. The molecule has 0 atom stereocenters. The number of hydrogen-bond acceptors (Lipinski definition) is 5. The summed E-state index contributed by atoms with van der Waals surface area (Å²) in [5.74, 6) is 1.22. The molecule has 26 heavy (non-hydrogen) atoms. The third-order valence-electron chi connectivity index (χ3n) is 4.33. The predicted octanol–water partition coefficient (Wildman–Crippen LogP) is 3.44. The summed E-state index contributed by atoms with van der Waals surface area (Å²) in [5, 5.41) is 11.8. The predicted molar refractivity (Wildman–Crippen MR) is 103 cm³/mol. The van der Waals surface area contributed by atoms with Crippen molar-refractivity contribution < 1.29 is 4.52 Å². The molecule has 0 radical (unpaired) electrons. The van der Waals surface area contributed by atoms with Gasteiger partial charge in [-0.15, -0.1) is 0 Å². The zero-order valence-electron chi connectivity index (χ0n) is 14.6. The van der Waals surface area contributed by atoms with Gasteiger partial charge in [0.1, 0.15) is 0 Å². The molecule has 132 valence electrons. The molecule has 0 saturated heterocycles. The molecule has 0 unspecified atom stereocenters. The number of H-pyrrole nitrogens is 1. The Kier molecular flexibility index (Phi) is 4.66. The Labute approximate surface area is 151 Å². The Morgan fingerprint density at radius 3 is 2.73 bits per heavy atom. The lowest BCUT2D eigenvalue weighted by molar-refractivity contribution is 0.386. The minimum atomic E-state index is 0.612. The fourth-order valence-electron chi connectivity index (χ4n) is 2.95. The van der Waals surface area contributed by atoms with Crippen molar-refractivity contribution in [2.75, 3.05) is 25.5 Å². The number of rotatable bonds is 7. The van der Waals surface area contributed by atoms with Gasteiger partial charge < -0.3 is 20.1 Å². The van der Waals surface area contributed by atoms with E-state index in [1.165, 1.54) is 5.39 Å². The van der Waals surface area contributed by atoms with Crippen LogP contribution in [0.5, 0.6) is 0 Å². The third kappa shape index (κ3) is 3.45. The molecule has 2 heterocycles. The molecule has 6 heteroatoms. The Balaban J connectivity index is 1.47. The summed E-state index contributed by atoms with van der Waals surface area (Å²) in [6.07, 6.45) is 2.61. The first-order chi connectivity index (χ1) is 12.8. The van der Waals surface area contributed by atoms with E-state index in [-0.39, 0.29) is 0 Å².